The second-order valence-electron chi connectivity index (χ2n) is 10.2. The fraction of sp³-hybridized carbons (Fsp3) is 0.375. The van der Waals surface area contributed by atoms with Crippen LogP contribution in [0.5, 0.6) is 5.75 Å². The summed E-state index contributed by atoms with van der Waals surface area (Å²) in [5.74, 6) is 0.507. The molecule has 1 saturated carbocycles. The third-order valence-corrected chi connectivity index (χ3v) is 7.25. The van der Waals surface area contributed by atoms with Crippen LogP contribution >= 0.6 is 0 Å². The van der Waals surface area contributed by atoms with Gasteiger partial charge in [-0.15, -0.1) is 0 Å². The van der Waals surface area contributed by atoms with E-state index in [1.54, 1.807) is 12.0 Å². The van der Waals surface area contributed by atoms with Crippen molar-refractivity contribution in [3.8, 4) is 5.75 Å². The van der Waals surface area contributed by atoms with Crippen molar-refractivity contribution < 1.29 is 14.3 Å². The number of anilines is 1. The molecule has 1 unspecified atom stereocenters. The van der Waals surface area contributed by atoms with E-state index in [1.165, 1.54) is 6.42 Å². The van der Waals surface area contributed by atoms with Gasteiger partial charge in [0.15, 0.2) is 0 Å². The Bertz CT molecular complexity index is 1220. The lowest BCUT2D eigenvalue weighted by molar-refractivity contribution is -0.127. The van der Waals surface area contributed by atoms with Crippen LogP contribution in [0.15, 0.2) is 72.8 Å². The molecule has 38 heavy (non-hydrogen) atoms. The maximum Gasteiger partial charge on any atom is 0.248 e. The summed E-state index contributed by atoms with van der Waals surface area (Å²) in [5.41, 5.74) is 4.61. The Balaban J connectivity index is 1.63. The summed E-state index contributed by atoms with van der Waals surface area (Å²) >= 11 is 0. The summed E-state index contributed by atoms with van der Waals surface area (Å²) in [7, 11) is 1.64. The fourth-order valence-corrected chi connectivity index (χ4v) is 5.18. The fourth-order valence-electron chi connectivity index (χ4n) is 5.18. The number of carbonyl (C=O) groups excluding carboxylic acids is 2. The molecule has 0 bridgehead atoms. The molecule has 4 rings (SSSR count). The molecule has 1 aliphatic carbocycles. The van der Waals surface area contributed by atoms with E-state index in [0.29, 0.717) is 12.2 Å². The summed E-state index contributed by atoms with van der Waals surface area (Å²) in [5, 5.41) is 6.57. The lowest BCUT2D eigenvalue weighted by atomic mass is 9.93. The Labute approximate surface area is 226 Å². The van der Waals surface area contributed by atoms with Crippen LogP contribution in [0.3, 0.4) is 0 Å². The minimum Gasteiger partial charge on any atom is -0.497 e. The van der Waals surface area contributed by atoms with Crippen molar-refractivity contribution >= 4 is 17.5 Å². The molecule has 2 amide bonds. The normalized spacial score (nSPS) is 14.5. The molecule has 0 aromatic heterocycles. The molecule has 3 aromatic carbocycles. The van der Waals surface area contributed by atoms with Gasteiger partial charge in [-0.25, -0.2) is 0 Å². The third kappa shape index (κ3) is 7.01. The van der Waals surface area contributed by atoms with Crippen LogP contribution in [0.4, 0.5) is 5.69 Å². The van der Waals surface area contributed by atoms with Gasteiger partial charge < -0.3 is 15.4 Å². The summed E-state index contributed by atoms with van der Waals surface area (Å²) in [6.07, 6.45) is 5.41. The number of nitrogens with zero attached hydrogens (tertiary/aromatic N) is 1. The minimum atomic E-state index is -0.768. The lowest BCUT2D eigenvalue weighted by Crippen LogP contribution is -2.49. The predicted molar refractivity (Wildman–Crippen MR) is 152 cm³/mol. The molecule has 0 radical (unpaired) electrons. The number of amides is 2. The van der Waals surface area contributed by atoms with Gasteiger partial charge in [0, 0.05) is 18.3 Å². The molecule has 0 aliphatic heterocycles. The molecular formula is C32H39N3O3. The zero-order valence-corrected chi connectivity index (χ0v) is 22.7. The number of nitrogens with one attached hydrogen (secondary N) is 2. The Hall–Kier alpha value is -3.64. The highest BCUT2D eigenvalue weighted by molar-refractivity contribution is 6.02. The number of hydrogen-bond acceptors (Lipinski definition) is 4. The molecule has 1 fully saturated rings. The molecule has 1 aliphatic rings. The Morgan fingerprint density at radius 1 is 0.947 bits per heavy atom. The van der Waals surface area contributed by atoms with Gasteiger partial charge in [0.05, 0.1) is 13.7 Å². The van der Waals surface area contributed by atoms with Gasteiger partial charge in [-0.2, -0.15) is 0 Å². The first-order chi connectivity index (χ1) is 18.5. The molecule has 0 saturated heterocycles. The van der Waals surface area contributed by atoms with Crippen LogP contribution in [0.25, 0.3) is 0 Å². The quantitative estimate of drug-likeness (QED) is 0.369. The van der Waals surface area contributed by atoms with Crippen LogP contribution in [-0.4, -0.2) is 31.5 Å². The van der Waals surface area contributed by atoms with Gasteiger partial charge in [-0.05, 0) is 73.2 Å². The predicted octanol–water partition coefficient (Wildman–Crippen LogP) is 5.63. The van der Waals surface area contributed by atoms with Gasteiger partial charge in [0.1, 0.15) is 11.8 Å². The largest absolute Gasteiger partial charge is 0.497 e. The van der Waals surface area contributed by atoms with Crippen LogP contribution in [0.2, 0.25) is 0 Å². The summed E-state index contributed by atoms with van der Waals surface area (Å²) in [6.45, 7) is 4.62. The molecule has 3 aromatic rings. The van der Waals surface area contributed by atoms with E-state index >= 15 is 0 Å². The second kappa shape index (κ2) is 13.2. The summed E-state index contributed by atoms with van der Waals surface area (Å²) < 4.78 is 5.24. The smallest absolute Gasteiger partial charge is 0.248 e. The summed E-state index contributed by atoms with van der Waals surface area (Å²) in [6, 6.07) is 22.8. The van der Waals surface area contributed by atoms with E-state index in [1.807, 2.05) is 86.6 Å². The molecule has 2 N–H and O–H groups in total. The standard InChI is InChI=1S/C32H39N3O3/c1-23-10-9-14-27(20-23)35(30(36)22-33-21-25-16-18-28(38-3)19-17-25)31(29-15-8-7-11-24(29)2)32(37)34-26-12-5-4-6-13-26/h7-11,14-20,26,31,33H,4-6,12-13,21-22H2,1-3H3,(H,34,37). The average Bonchev–Trinajstić information content (AvgIpc) is 2.93. The third-order valence-electron chi connectivity index (χ3n) is 7.25. The Morgan fingerprint density at radius 3 is 2.37 bits per heavy atom. The van der Waals surface area contributed by atoms with Gasteiger partial charge in [-0.1, -0.05) is 67.8 Å². The van der Waals surface area contributed by atoms with Crippen molar-refractivity contribution in [3.05, 3.63) is 95.1 Å². The van der Waals surface area contributed by atoms with Crippen molar-refractivity contribution in [1.82, 2.24) is 10.6 Å². The highest BCUT2D eigenvalue weighted by Gasteiger charge is 2.34. The highest BCUT2D eigenvalue weighted by atomic mass is 16.5. The topological polar surface area (TPSA) is 70.7 Å². The molecule has 200 valence electrons. The first-order valence-electron chi connectivity index (χ1n) is 13.5. The average molecular weight is 514 g/mol. The van der Waals surface area contributed by atoms with Crippen LogP contribution in [-0.2, 0) is 16.1 Å². The molecule has 0 spiro atoms. The van der Waals surface area contributed by atoms with Gasteiger partial charge in [0.25, 0.3) is 0 Å². The molecule has 6 heteroatoms. The van der Waals surface area contributed by atoms with Crippen molar-refractivity contribution in [2.45, 2.75) is 64.6 Å². The second-order valence-corrected chi connectivity index (χ2v) is 10.2. The number of carbonyl (C=O) groups is 2. The monoisotopic (exact) mass is 513 g/mol. The van der Waals surface area contributed by atoms with Gasteiger partial charge in [0.2, 0.25) is 11.8 Å². The van der Waals surface area contributed by atoms with E-state index in [-0.39, 0.29) is 24.4 Å². The minimum absolute atomic E-state index is 0.0963. The van der Waals surface area contributed by atoms with E-state index < -0.39 is 6.04 Å². The molecule has 6 nitrogen and oxygen atoms in total. The Kier molecular flexibility index (Phi) is 9.55. The zero-order valence-electron chi connectivity index (χ0n) is 22.7. The first-order valence-corrected chi connectivity index (χ1v) is 13.5. The molecular weight excluding hydrogens is 474 g/mol. The van der Waals surface area contributed by atoms with Crippen molar-refractivity contribution in [2.75, 3.05) is 18.6 Å². The maximum atomic E-state index is 14.0. The van der Waals surface area contributed by atoms with Crippen LogP contribution in [0.1, 0.15) is 60.4 Å². The summed E-state index contributed by atoms with van der Waals surface area (Å²) in [4.78, 5) is 29.6. The number of aryl methyl sites for hydroxylation is 2. The number of hydrogen-bond donors (Lipinski definition) is 2. The number of benzene rings is 3. The van der Waals surface area contributed by atoms with Crippen molar-refractivity contribution in [3.63, 3.8) is 0 Å². The highest BCUT2D eigenvalue weighted by Crippen LogP contribution is 2.31. The Morgan fingerprint density at radius 2 is 1.68 bits per heavy atom. The number of ether oxygens (including phenoxy) is 1. The van der Waals surface area contributed by atoms with Gasteiger partial charge in [-0.3, -0.25) is 14.5 Å². The van der Waals surface area contributed by atoms with E-state index in [9.17, 15) is 9.59 Å². The SMILES string of the molecule is COc1ccc(CNCC(=O)N(c2cccc(C)c2)C(C(=O)NC2CCCCC2)c2ccccc2C)cc1. The van der Waals surface area contributed by atoms with Gasteiger partial charge >= 0.3 is 0 Å². The van der Waals surface area contributed by atoms with E-state index in [0.717, 1.165) is 53.7 Å². The lowest BCUT2D eigenvalue weighted by Gasteiger charge is -2.34. The number of rotatable bonds is 10. The van der Waals surface area contributed by atoms with Crippen LogP contribution < -0.4 is 20.3 Å². The van der Waals surface area contributed by atoms with E-state index in [4.69, 9.17) is 4.74 Å². The first kappa shape index (κ1) is 27.4. The zero-order chi connectivity index (χ0) is 26.9. The van der Waals surface area contributed by atoms with Crippen molar-refractivity contribution in [2.24, 2.45) is 0 Å². The number of methoxy groups -OCH3 is 1. The maximum absolute atomic E-state index is 14.0. The molecule has 1 atom stereocenters. The molecule has 0 heterocycles. The van der Waals surface area contributed by atoms with Crippen molar-refractivity contribution in [1.29, 1.82) is 0 Å². The van der Waals surface area contributed by atoms with Crippen LogP contribution in [0, 0.1) is 13.8 Å². The van der Waals surface area contributed by atoms with E-state index in [2.05, 4.69) is 10.6 Å².